The maximum absolute atomic E-state index is 11.9. The van der Waals surface area contributed by atoms with Gasteiger partial charge in [-0.3, -0.25) is 0 Å². The smallest absolute Gasteiger partial charge is 0.409 e. The third-order valence-electron chi connectivity index (χ3n) is 6.24. The van der Waals surface area contributed by atoms with E-state index in [1.165, 1.54) is 10.5 Å². The van der Waals surface area contributed by atoms with E-state index in [0.717, 1.165) is 22.7 Å². The summed E-state index contributed by atoms with van der Waals surface area (Å²) in [6.45, 7) is 2.06. The molecule has 33 heavy (non-hydrogen) atoms. The number of aliphatic hydroxyl groups is 1. The Kier molecular flexibility index (Phi) is 6.42. The van der Waals surface area contributed by atoms with Crippen molar-refractivity contribution in [2.45, 2.75) is 44.3 Å². The van der Waals surface area contributed by atoms with Crippen LogP contribution in [0.3, 0.4) is 0 Å². The van der Waals surface area contributed by atoms with Gasteiger partial charge in [0.1, 0.15) is 17.5 Å². The second-order valence-corrected chi connectivity index (χ2v) is 8.90. The number of ether oxygens (including phenoxy) is 2. The lowest BCUT2D eigenvalue weighted by Crippen LogP contribution is -2.37. The van der Waals surface area contributed by atoms with Crippen molar-refractivity contribution in [3.8, 4) is 22.7 Å². The summed E-state index contributed by atoms with van der Waals surface area (Å²) in [4.78, 5) is 13.3. The molecule has 1 amide bonds. The molecule has 1 fully saturated rings. The Morgan fingerprint density at radius 1 is 1.09 bits per heavy atom. The number of nitrogens with zero attached hydrogens (tertiary/aromatic N) is 3. The summed E-state index contributed by atoms with van der Waals surface area (Å²) in [6, 6.07) is 17.9. The highest BCUT2D eigenvalue weighted by atomic mass is 16.6. The Morgan fingerprint density at radius 3 is 2.30 bits per heavy atom. The van der Waals surface area contributed by atoms with Gasteiger partial charge in [-0.15, -0.1) is 0 Å². The quantitative estimate of drug-likeness (QED) is 0.612. The van der Waals surface area contributed by atoms with Gasteiger partial charge < -0.3 is 19.5 Å². The van der Waals surface area contributed by atoms with Crippen LogP contribution in [-0.4, -0.2) is 53.2 Å². The van der Waals surface area contributed by atoms with E-state index in [-0.39, 0.29) is 12.2 Å². The third kappa shape index (κ3) is 4.88. The van der Waals surface area contributed by atoms with Crippen molar-refractivity contribution in [1.29, 1.82) is 0 Å². The molecule has 1 aliphatic rings. The number of amides is 1. The van der Waals surface area contributed by atoms with Crippen LogP contribution in [0.5, 0.6) is 5.75 Å². The molecule has 0 unspecified atom stereocenters. The van der Waals surface area contributed by atoms with E-state index in [9.17, 15) is 9.90 Å². The molecule has 3 aromatic rings. The average Bonchev–Trinajstić information content (AvgIpc) is 3.27. The molecule has 0 spiro atoms. The van der Waals surface area contributed by atoms with E-state index < -0.39 is 5.60 Å². The van der Waals surface area contributed by atoms with Crippen molar-refractivity contribution in [2.24, 2.45) is 0 Å². The minimum absolute atomic E-state index is 0.194. The molecular weight excluding hydrogens is 418 g/mol. The minimum Gasteiger partial charge on any atom is -0.497 e. The molecule has 1 saturated carbocycles. The standard InChI is InChI=1S/C26H31N3O4/c1-18-5-7-19(8-6-18)23-17-24(27-29(23)20-9-11-21(32-4)12-10-20)26(31)15-13-22(14-16-26)33-25(30)28(2)3/h5-12,17,22,31H,13-16H2,1-4H3. The van der Waals surface area contributed by atoms with Gasteiger partial charge >= 0.3 is 6.09 Å². The van der Waals surface area contributed by atoms with Crippen LogP contribution in [0.2, 0.25) is 0 Å². The van der Waals surface area contributed by atoms with Crippen LogP contribution >= 0.6 is 0 Å². The predicted octanol–water partition coefficient (Wildman–Crippen LogP) is 4.68. The Hall–Kier alpha value is -3.32. The van der Waals surface area contributed by atoms with Crippen molar-refractivity contribution >= 4 is 6.09 Å². The molecule has 7 nitrogen and oxygen atoms in total. The third-order valence-corrected chi connectivity index (χ3v) is 6.24. The lowest BCUT2D eigenvalue weighted by atomic mass is 9.81. The summed E-state index contributed by atoms with van der Waals surface area (Å²) < 4.78 is 12.7. The first-order valence-corrected chi connectivity index (χ1v) is 11.2. The maximum atomic E-state index is 11.9. The normalized spacial score (nSPS) is 20.3. The number of aromatic nitrogens is 2. The molecule has 4 rings (SSSR count). The fourth-order valence-corrected chi connectivity index (χ4v) is 4.15. The van der Waals surface area contributed by atoms with Gasteiger partial charge in [0.05, 0.1) is 24.2 Å². The molecule has 0 bridgehead atoms. The van der Waals surface area contributed by atoms with Gasteiger partial charge in [-0.25, -0.2) is 9.48 Å². The molecule has 1 N–H and O–H groups in total. The summed E-state index contributed by atoms with van der Waals surface area (Å²) in [5, 5.41) is 16.4. The predicted molar refractivity (Wildman–Crippen MR) is 127 cm³/mol. The molecule has 1 aromatic heterocycles. The Bertz CT molecular complexity index is 1100. The fourth-order valence-electron chi connectivity index (χ4n) is 4.15. The molecule has 0 saturated heterocycles. The zero-order valence-corrected chi connectivity index (χ0v) is 19.6. The number of carbonyl (C=O) groups excluding carboxylic acids is 1. The highest BCUT2D eigenvalue weighted by Gasteiger charge is 2.39. The summed E-state index contributed by atoms with van der Waals surface area (Å²) in [7, 11) is 4.97. The van der Waals surface area contributed by atoms with Gasteiger partial charge in [-0.1, -0.05) is 29.8 Å². The number of methoxy groups -OCH3 is 1. The first kappa shape index (κ1) is 22.9. The topological polar surface area (TPSA) is 76.8 Å². The number of hydrogen-bond acceptors (Lipinski definition) is 5. The lowest BCUT2D eigenvalue weighted by Gasteiger charge is -2.34. The first-order valence-electron chi connectivity index (χ1n) is 11.2. The Balaban J connectivity index is 1.65. The molecule has 0 aliphatic heterocycles. The summed E-state index contributed by atoms with van der Waals surface area (Å²) in [5.41, 5.74) is 3.55. The number of hydrogen-bond donors (Lipinski definition) is 1. The molecule has 174 valence electrons. The number of benzene rings is 2. The van der Waals surface area contributed by atoms with Gasteiger partial charge in [0, 0.05) is 19.7 Å². The minimum atomic E-state index is -1.07. The van der Waals surface area contributed by atoms with E-state index in [1.54, 1.807) is 21.2 Å². The first-order chi connectivity index (χ1) is 15.8. The highest BCUT2D eigenvalue weighted by molar-refractivity contribution is 5.67. The van der Waals surface area contributed by atoms with Crippen LogP contribution in [0.4, 0.5) is 4.79 Å². The zero-order valence-electron chi connectivity index (χ0n) is 19.6. The van der Waals surface area contributed by atoms with Gasteiger partial charge in [-0.05, 0) is 62.9 Å². The van der Waals surface area contributed by atoms with Gasteiger partial charge in [0.15, 0.2) is 0 Å². The Morgan fingerprint density at radius 2 is 1.73 bits per heavy atom. The molecular formula is C26H31N3O4. The monoisotopic (exact) mass is 449 g/mol. The molecule has 1 aliphatic carbocycles. The second kappa shape index (κ2) is 9.27. The summed E-state index contributed by atoms with van der Waals surface area (Å²) in [6.07, 6.45) is 1.59. The molecule has 1 heterocycles. The van der Waals surface area contributed by atoms with Crippen molar-refractivity contribution in [3.05, 3.63) is 65.9 Å². The molecule has 0 atom stereocenters. The van der Waals surface area contributed by atoms with E-state index >= 15 is 0 Å². The van der Waals surface area contributed by atoms with Crippen LogP contribution in [0.25, 0.3) is 16.9 Å². The van der Waals surface area contributed by atoms with Crippen LogP contribution in [0.1, 0.15) is 36.9 Å². The Labute approximate surface area is 194 Å². The maximum Gasteiger partial charge on any atom is 0.409 e. The number of carbonyl (C=O) groups is 1. The lowest BCUT2D eigenvalue weighted by molar-refractivity contribution is -0.0464. The van der Waals surface area contributed by atoms with Crippen LogP contribution in [0.15, 0.2) is 54.6 Å². The van der Waals surface area contributed by atoms with E-state index in [1.807, 2.05) is 35.0 Å². The van der Waals surface area contributed by atoms with Crippen molar-refractivity contribution in [3.63, 3.8) is 0 Å². The zero-order chi connectivity index (χ0) is 23.6. The van der Waals surface area contributed by atoms with E-state index in [0.29, 0.717) is 31.4 Å². The summed E-state index contributed by atoms with van der Waals surface area (Å²) >= 11 is 0. The van der Waals surface area contributed by atoms with Crippen molar-refractivity contribution < 1.29 is 19.4 Å². The number of rotatable bonds is 5. The summed E-state index contributed by atoms with van der Waals surface area (Å²) in [5.74, 6) is 0.771. The van der Waals surface area contributed by atoms with Gasteiger partial charge in [0.25, 0.3) is 0 Å². The highest BCUT2D eigenvalue weighted by Crippen LogP contribution is 2.39. The SMILES string of the molecule is COc1ccc(-n2nc(C3(O)CCC(OC(=O)N(C)C)CC3)cc2-c2ccc(C)cc2)cc1. The van der Waals surface area contributed by atoms with Crippen molar-refractivity contribution in [2.75, 3.05) is 21.2 Å². The second-order valence-electron chi connectivity index (χ2n) is 8.90. The van der Waals surface area contributed by atoms with Crippen LogP contribution in [0, 0.1) is 6.92 Å². The van der Waals surface area contributed by atoms with E-state index in [2.05, 4.69) is 31.2 Å². The largest absolute Gasteiger partial charge is 0.497 e. The molecule has 0 radical (unpaired) electrons. The van der Waals surface area contributed by atoms with Crippen molar-refractivity contribution in [1.82, 2.24) is 14.7 Å². The molecule has 2 aromatic carbocycles. The fraction of sp³-hybridized carbons (Fsp3) is 0.385. The van der Waals surface area contributed by atoms with Gasteiger partial charge in [-0.2, -0.15) is 5.10 Å². The van der Waals surface area contributed by atoms with Gasteiger partial charge in [0.2, 0.25) is 0 Å². The number of aryl methyl sites for hydroxylation is 1. The van der Waals surface area contributed by atoms with Crippen LogP contribution < -0.4 is 4.74 Å². The van der Waals surface area contributed by atoms with Crippen LogP contribution in [-0.2, 0) is 10.3 Å². The molecule has 7 heteroatoms. The van der Waals surface area contributed by atoms with E-state index in [4.69, 9.17) is 14.6 Å². The average molecular weight is 450 g/mol.